The first-order valence-electron chi connectivity index (χ1n) is 6.32. The van der Waals surface area contributed by atoms with Gasteiger partial charge in [0.2, 0.25) is 5.91 Å². The molecule has 5 heteroatoms. The highest BCUT2D eigenvalue weighted by Crippen LogP contribution is 2.28. The topological polar surface area (TPSA) is 56.1 Å². The highest BCUT2D eigenvalue weighted by atomic mass is 35.5. The van der Waals surface area contributed by atoms with Gasteiger partial charge in [-0.2, -0.15) is 5.26 Å². The highest BCUT2D eigenvalue weighted by molar-refractivity contribution is 6.30. The van der Waals surface area contributed by atoms with Crippen LogP contribution in [0.1, 0.15) is 18.4 Å². The van der Waals surface area contributed by atoms with Gasteiger partial charge in [-0.05, 0) is 31.0 Å². The van der Waals surface area contributed by atoms with E-state index in [9.17, 15) is 10.1 Å². The summed E-state index contributed by atoms with van der Waals surface area (Å²) in [5, 5.41) is 12.4. The molecule has 0 saturated carbocycles. The summed E-state index contributed by atoms with van der Waals surface area (Å²) >= 11 is 5.90. The summed E-state index contributed by atoms with van der Waals surface area (Å²) in [5.74, 6) is 0.0538. The lowest BCUT2D eigenvalue weighted by molar-refractivity contribution is -0.124. The molecule has 19 heavy (non-hydrogen) atoms. The number of halogens is 1. The molecule has 0 radical (unpaired) electrons. The molecule has 1 aromatic carbocycles. The number of benzene rings is 1. The number of amides is 1. The van der Waals surface area contributed by atoms with Crippen molar-refractivity contribution in [2.75, 3.05) is 25.0 Å². The van der Waals surface area contributed by atoms with E-state index < -0.39 is 0 Å². The van der Waals surface area contributed by atoms with E-state index in [1.165, 1.54) is 0 Å². The third-order valence-electron chi connectivity index (χ3n) is 3.46. The van der Waals surface area contributed by atoms with Crippen molar-refractivity contribution in [3.8, 4) is 6.07 Å². The van der Waals surface area contributed by atoms with E-state index >= 15 is 0 Å². The average molecular weight is 278 g/mol. The second kappa shape index (κ2) is 5.94. The van der Waals surface area contributed by atoms with Crippen LogP contribution in [0, 0.1) is 17.2 Å². The number of nitriles is 1. The largest absolute Gasteiger partial charge is 0.370 e. The van der Waals surface area contributed by atoms with Gasteiger partial charge in [0.05, 0.1) is 17.2 Å². The molecule has 0 bridgehead atoms. The molecular weight excluding hydrogens is 262 g/mol. The molecule has 100 valence electrons. The zero-order chi connectivity index (χ0) is 13.8. The average Bonchev–Trinajstić information content (AvgIpc) is 2.46. The van der Waals surface area contributed by atoms with Crippen LogP contribution in [0.4, 0.5) is 5.69 Å². The van der Waals surface area contributed by atoms with E-state index in [1.54, 1.807) is 19.2 Å². The molecule has 2 rings (SSSR count). The molecule has 1 atom stereocenters. The molecule has 0 aromatic heterocycles. The lowest BCUT2D eigenvalue weighted by Gasteiger charge is -2.34. The predicted octanol–water partition coefficient (Wildman–Crippen LogP) is 2.17. The summed E-state index contributed by atoms with van der Waals surface area (Å²) < 4.78 is 0. The van der Waals surface area contributed by atoms with Gasteiger partial charge in [0.15, 0.2) is 0 Å². The van der Waals surface area contributed by atoms with Gasteiger partial charge in [0, 0.05) is 25.2 Å². The maximum atomic E-state index is 11.7. The van der Waals surface area contributed by atoms with E-state index in [0.717, 1.165) is 25.1 Å². The minimum atomic E-state index is -0.0130. The standard InChI is InChI=1S/C14H16ClN3O/c1-17-14(19)10-3-2-6-18(9-10)13-5-4-12(15)7-11(13)8-16/h4-5,7,10H,2-3,6,9H2,1H3,(H,17,19). The van der Waals surface area contributed by atoms with Crippen LogP contribution < -0.4 is 10.2 Å². The second-order valence-corrected chi connectivity index (χ2v) is 5.11. The fraction of sp³-hybridized carbons (Fsp3) is 0.429. The van der Waals surface area contributed by atoms with Crippen molar-refractivity contribution in [1.29, 1.82) is 5.26 Å². The molecule has 1 N–H and O–H groups in total. The minimum absolute atomic E-state index is 0.0130. The Kier molecular flexibility index (Phi) is 4.28. The SMILES string of the molecule is CNC(=O)C1CCCN(c2ccc(Cl)cc2C#N)C1. The molecular formula is C14H16ClN3O. The van der Waals surface area contributed by atoms with Crippen molar-refractivity contribution in [1.82, 2.24) is 5.32 Å². The first kappa shape index (κ1) is 13.7. The van der Waals surface area contributed by atoms with Crippen LogP contribution in [0.25, 0.3) is 0 Å². The zero-order valence-corrected chi connectivity index (χ0v) is 11.6. The molecule has 1 amide bonds. The molecule has 1 aliphatic rings. The Balaban J connectivity index is 2.22. The van der Waals surface area contributed by atoms with Crippen LogP contribution in [-0.4, -0.2) is 26.0 Å². The molecule has 1 aromatic rings. The van der Waals surface area contributed by atoms with Crippen molar-refractivity contribution < 1.29 is 4.79 Å². The quantitative estimate of drug-likeness (QED) is 0.901. The fourth-order valence-electron chi connectivity index (χ4n) is 2.49. The van der Waals surface area contributed by atoms with Crippen molar-refractivity contribution in [3.63, 3.8) is 0 Å². The summed E-state index contributed by atoms with van der Waals surface area (Å²) in [5.41, 5.74) is 1.42. The van der Waals surface area contributed by atoms with Gasteiger partial charge in [-0.25, -0.2) is 0 Å². The maximum absolute atomic E-state index is 11.7. The minimum Gasteiger partial charge on any atom is -0.370 e. The van der Waals surface area contributed by atoms with Crippen LogP contribution in [0.15, 0.2) is 18.2 Å². The van der Waals surface area contributed by atoms with Crippen molar-refractivity contribution in [2.24, 2.45) is 5.92 Å². The highest BCUT2D eigenvalue weighted by Gasteiger charge is 2.26. The van der Waals surface area contributed by atoms with Gasteiger partial charge in [0.25, 0.3) is 0 Å². The lowest BCUT2D eigenvalue weighted by Crippen LogP contribution is -2.42. The van der Waals surface area contributed by atoms with Crippen LogP contribution >= 0.6 is 11.6 Å². The Hall–Kier alpha value is -1.73. The van der Waals surface area contributed by atoms with Gasteiger partial charge < -0.3 is 10.2 Å². The number of anilines is 1. The summed E-state index contributed by atoms with van der Waals surface area (Å²) in [6.45, 7) is 1.51. The van der Waals surface area contributed by atoms with E-state index in [1.807, 2.05) is 6.07 Å². The molecule has 1 fully saturated rings. The van der Waals surface area contributed by atoms with Crippen molar-refractivity contribution >= 4 is 23.2 Å². The summed E-state index contributed by atoms with van der Waals surface area (Å²) in [6.07, 6.45) is 1.84. The summed E-state index contributed by atoms with van der Waals surface area (Å²) in [6, 6.07) is 7.47. The van der Waals surface area contributed by atoms with Gasteiger partial charge in [0.1, 0.15) is 6.07 Å². The van der Waals surface area contributed by atoms with Gasteiger partial charge in [-0.15, -0.1) is 0 Å². The van der Waals surface area contributed by atoms with E-state index in [0.29, 0.717) is 17.1 Å². The van der Waals surface area contributed by atoms with Crippen LogP contribution in [0.5, 0.6) is 0 Å². The first-order valence-corrected chi connectivity index (χ1v) is 6.69. The third kappa shape index (κ3) is 2.99. The molecule has 0 spiro atoms. The number of carbonyl (C=O) groups excluding carboxylic acids is 1. The molecule has 1 heterocycles. The Morgan fingerprint density at radius 1 is 1.58 bits per heavy atom. The number of nitrogens with one attached hydrogen (secondary N) is 1. The second-order valence-electron chi connectivity index (χ2n) is 4.67. The number of hydrogen-bond acceptors (Lipinski definition) is 3. The fourth-order valence-corrected chi connectivity index (χ4v) is 2.66. The van der Waals surface area contributed by atoms with Gasteiger partial charge in [-0.3, -0.25) is 4.79 Å². The van der Waals surface area contributed by atoms with E-state index in [-0.39, 0.29) is 11.8 Å². The summed E-state index contributed by atoms with van der Waals surface area (Å²) in [4.78, 5) is 13.8. The maximum Gasteiger partial charge on any atom is 0.224 e. The molecule has 0 aliphatic carbocycles. The zero-order valence-electron chi connectivity index (χ0n) is 10.8. The number of carbonyl (C=O) groups is 1. The van der Waals surface area contributed by atoms with Gasteiger partial charge >= 0.3 is 0 Å². The lowest BCUT2D eigenvalue weighted by atomic mass is 9.96. The normalized spacial score (nSPS) is 18.8. The van der Waals surface area contributed by atoms with Crippen LogP contribution in [0.3, 0.4) is 0 Å². The molecule has 1 unspecified atom stereocenters. The van der Waals surface area contributed by atoms with Gasteiger partial charge in [-0.1, -0.05) is 11.6 Å². The van der Waals surface area contributed by atoms with Crippen LogP contribution in [0.2, 0.25) is 5.02 Å². The Morgan fingerprint density at radius 3 is 3.05 bits per heavy atom. The molecule has 1 saturated heterocycles. The van der Waals surface area contributed by atoms with E-state index in [2.05, 4.69) is 16.3 Å². The molecule has 1 aliphatic heterocycles. The smallest absolute Gasteiger partial charge is 0.224 e. The number of piperidine rings is 1. The monoisotopic (exact) mass is 277 g/mol. The van der Waals surface area contributed by atoms with E-state index in [4.69, 9.17) is 11.6 Å². The Morgan fingerprint density at radius 2 is 2.37 bits per heavy atom. The Labute approximate surface area is 118 Å². The van der Waals surface area contributed by atoms with Crippen LogP contribution in [-0.2, 0) is 4.79 Å². The number of nitrogens with zero attached hydrogens (tertiary/aromatic N) is 2. The number of rotatable bonds is 2. The van der Waals surface area contributed by atoms with Crippen molar-refractivity contribution in [3.05, 3.63) is 28.8 Å². The molecule has 4 nitrogen and oxygen atoms in total. The number of hydrogen-bond donors (Lipinski definition) is 1. The Bertz CT molecular complexity index is 524. The predicted molar refractivity (Wildman–Crippen MR) is 75.2 cm³/mol. The summed E-state index contributed by atoms with van der Waals surface area (Å²) in [7, 11) is 1.66. The van der Waals surface area contributed by atoms with Crippen molar-refractivity contribution in [2.45, 2.75) is 12.8 Å². The third-order valence-corrected chi connectivity index (χ3v) is 3.69. The first-order chi connectivity index (χ1) is 9.15.